The lowest BCUT2D eigenvalue weighted by atomic mass is 10.1. The second-order valence-electron chi connectivity index (χ2n) is 6.48. The van der Waals surface area contributed by atoms with Crippen LogP contribution < -0.4 is 5.32 Å². The number of allylic oxidation sites excluding steroid dienone is 1. The molecule has 3 rings (SSSR count). The van der Waals surface area contributed by atoms with Gasteiger partial charge in [-0.2, -0.15) is 0 Å². The van der Waals surface area contributed by atoms with Crippen LogP contribution in [-0.2, 0) is 17.8 Å². The Hall–Kier alpha value is -2.88. The summed E-state index contributed by atoms with van der Waals surface area (Å²) in [5.74, 6) is 1.02. The number of benzene rings is 2. The molecular weight excluding hydrogens is 322 g/mol. The third-order valence-electron chi connectivity index (χ3n) is 4.39. The summed E-state index contributed by atoms with van der Waals surface area (Å²) in [6.45, 7) is 5.40. The molecule has 0 atom stereocenters. The van der Waals surface area contributed by atoms with Crippen molar-refractivity contribution < 1.29 is 4.79 Å². The van der Waals surface area contributed by atoms with Gasteiger partial charge in [-0.3, -0.25) is 4.79 Å². The average Bonchev–Trinajstić information content (AvgIpc) is 2.98. The van der Waals surface area contributed by atoms with Crippen molar-refractivity contribution >= 4 is 16.9 Å². The normalized spacial score (nSPS) is 11.3. The van der Waals surface area contributed by atoms with E-state index in [1.165, 1.54) is 11.1 Å². The van der Waals surface area contributed by atoms with Crippen molar-refractivity contribution in [2.24, 2.45) is 0 Å². The molecule has 4 heteroatoms. The summed E-state index contributed by atoms with van der Waals surface area (Å²) in [6.07, 6.45) is 4.99. The topological polar surface area (TPSA) is 46.9 Å². The van der Waals surface area contributed by atoms with Crippen molar-refractivity contribution in [1.82, 2.24) is 14.9 Å². The molecule has 1 heterocycles. The maximum absolute atomic E-state index is 11.5. The molecule has 0 saturated carbocycles. The number of rotatable bonds is 7. The summed E-state index contributed by atoms with van der Waals surface area (Å²) in [5.41, 5.74) is 4.70. The van der Waals surface area contributed by atoms with Crippen molar-refractivity contribution in [2.45, 2.75) is 33.2 Å². The second kappa shape index (κ2) is 8.48. The molecule has 0 saturated heterocycles. The van der Waals surface area contributed by atoms with Gasteiger partial charge in [0.1, 0.15) is 5.82 Å². The quantitative estimate of drug-likeness (QED) is 0.518. The summed E-state index contributed by atoms with van der Waals surface area (Å²) in [7, 11) is 0. The highest BCUT2D eigenvalue weighted by Gasteiger charge is 2.11. The Bertz CT molecular complexity index is 907. The van der Waals surface area contributed by atoms with Crippen LogP contribution in [0.2, 0.25) is 0 Å². The first-order valence-corrected chi connectivity index (χ1v) is 9.07. The molecule has 0 radical (unpaired) electrons. The van der Waals surface area contributed by atoms with E-state index in [0.29, 0.717) is 6.54 Å². The van der Waals surface area contributed by atoms with Crippen LogP contribution in [0.4, 0.5) is 0 Å². The third kappa shape index (κ3) is 4.39. The number of carbonyl (C=O) groups excluding carboxylic acids is 1. The van der Waals surface area contributed by atoms with E-state index >= 15 is 0 Å². The van der Waals surface area contributed by atoms with Crippen LogP contribution in [0.5, 0.6) is 0 Å². The summed E-state index contributed by atoms with van der Waals surface area (Å²) in [4.78, 5) is 16.3. The van der Waals surface area contributed by atoms with Crippen molar-refractivity contribution in [2.75, 3.05) is 6.54 Å². The first kappa shape index (κ1) is 17.9. The third-order valence-corrected chi connectivity index (χ3v) is 4.39. The zero-order chi connectivity index (χ0) is 18.4. The minimum absolute atomic E-state index is 0.0411. The average molecular weight is 347 g/mol. The Morgan fingerprint density at radius 2 is 1.92 bits per heavy atom. The van der Waals surface area contributed by atoms with Gasteiger partial charge in [0.25, 0.3) is 0 Å². The minimum atomic E-state index is -0.0411. The number of carbonyl (C=O) groups is 1. The van der Waals surface area contributed by atoms with E-state index < -0.39 is 0 Å². The van der Waals surface area contributed by atoms with Gasteiger partial charge in [0.05, 0.1) is 11.0 Å². The molecule has 1 amide bonds. The van der Waals surface area contributed by atoms with Gasteiger partial charge < -0.3 is 9.88 Å². The van der Waals surface area contributed by atoms with Gasteiger partial charge >= 0.3 is 0 Å². The molecule has 1 N–H and O–H groups in total. The fraction of sp³-hybridized carbons (Fsp3) is 0.273. The van der Waals surface area contributed by atoms with Crippen LogP contribution in [0.3, 0.4) is 0 Å². The fourth-order valence-corrected chi connectivity index (χ4v) is 3.04. The van der Waals surface area contributed by atoms with Gasteiger partial charge in [0.15, 0.2) is 0 Å². The maximum Gasteiger partial charge on any atom is 0.243 e. The lowest BCUT2D eigenvalue weighted by Crippen LogP contribution is -2.22. The van der Waals surface area contributed by atoms with Crippen LogP contribution >= 0.6 is 0 Å². The number of imidazole rings is 1. The van der Waals surface area contributed by atoms with Crippen molar-refractivity contribution in [3.05, 3.63) is 77.6 Å². The van der Waals surface area contributed by atoms with E-state index in [0.717, 1.165) is 36.2 Å². The summed E-state index contributed by atoms with van der Waals surface area (Å²) in [5, 5.41) is 2.90. The first-order valence-electron chi connectivity index (χ1n) is 9.07. The Morgan fingerprint density at radius 3 is 2.69 bits per heavy atom. The van der Waals surface area contributed by atoms with E-state index in [4.69, 9.17) is 4.98 Å². The highest BCUT2D eigenvalue weighted by molar-refractivity contribution is 5.87. The van der Waals surface area contributed by atoms with Crippen molar-refractivity contribution in [3.63, 3.8) is 0 Å². The molecule has 26 heavy (non-hydrogen) atoms. The van der Waals surface area contributed by atoms with E-state index in [1.807, 2.05) is 13.0 Å². The number of amides is 1. The highest BCUT2D eigenvalue weighted by Crippen LogP contribution is 2.19. The molecule has 0 unspecified atom stereocenters. The molecule has 1 aromatic heterocycles. The second-order valence-corrected chi connectivity index (χ2v) is 6.48. The van der Waals surface area contributed by atoms with Gasteiger partial charge in [-0.15, -0.1) is 0 Å². The van der Waals surface area contributed by atoms with E-state index in [-0.39, 0.29) is 5.91 Å². The van der Waals surface area contributed by atoms with Gasteiger partial charge in [-0.1, -0.05) is 48.0 Å². The highest BCUT2D eigenvalue weighted by atomic mass is 16.1. The molecule has 0 aliphatic heterocycles. The fourth-order valence-electron chi connectivity index (χ4n) is 3.04. The van der Waals surface area contributed by atoms with Crippen LogP contribution in [0.25, 0.3) is 11.0 Å². The Labute approximate surface area is 154 Å². The van der Waals surface area contributed by atoms with Crippen LogP contribution in [-0.4, -0.2) is 22.0 Å². The molecule has 3 aromatic rings. The standard InChI is InChI=1S/C22H25N3O/c1-3-7-22(26)23-15-6-10-21-24-19-8-4-5-9-20(19)25(21)16-18-13-11-17(2)12-14-18/h3-5,7-9,11-14H,6,10,15-16H2,1-2H3,(H,23,26)/b7-3-. The predicted octanol–water partition coefficient (Wildman–Crippen LogP) is 4.02. The number of fused-ring (bicyclic) bond motifs is 1. The number of nitrogens with one attached hydrogen (secondary N) is 1. The first-order chi connectivity index (χ1) is 12.7. The largest absolute Gasteiger partial charge is 0.353 e. The van der Waals surface area contributed by atoms with Crippen molar-refractivity contribution in [1.29, 1.82) is 0 Å². The Balaban J connectivity index is 1.76. The maximum atomic E-state index is 11.5. The molecule has 0 fully saturated rings. The van der Waals surface area contributed by atoms with E-state index in [1.54, 1.807) is 12.2 Å². The molecule has 134 valence electrons. The molecule has 0 aliphatic carbocycles. The number of aryl methyl sites for hydroxylation is 2. The summed E-state index contributed by atoms with van der Waals surface area (Å²) < 4.78 is 2.29. The van der Waals surface area contributed by atoms with Gasteiger partial charge in [-0.05, 0) is 44.0 Å². The van der Waals surface area contributed by atoms with Gasteiger partial charge in [-0.25, -0.2) is 4.98 Å². The number of hydrogen-bond acceptors (Lipinski definition) is 2. The zero-order valence-corrected chi connectivity index (χ0v) is 15.4. The Morgan fingerprint density at radius 1 is 1.15 bits per heavy atom. The van der Waals surface area contributed by atoms with Crippen LogP contribution in [0.1, 0.15) is 30.3 Å². The number of para-hydroxylation sites is 2. The van der Waals surface area contributed by atoms with E-state index in [9.17, 15) is 4.79 Å². The molecular formula is C22H25N3O. The van der Waals surface area contributed by atoms with E-state index in [2.05, 4.69) is 59.3 Å². The predicted molar refractivity (Wildman–Crippen MR) is 106 cm³/mol. The lowest BCUT2D eigenvalue weighted by Gasteiger charge is -2.10. The number of nitrogens with zero attached hydrogens (tertiary/aromatic N) is 2. The SMILES string of the molecule is C/C=C\C(=O)NCCCc1nc2ccccc2n1Cc1ccc(C)cc1. The molecule has 0 spiro atoms. The molecule has 4 nitrogen and oxygen atoms in total. The minimum Gasteiger partial charge on any atom is -0.353 e. The number of aromatic nitrogens is 2. The number of hydrogen-bond donors (Lipinski definition) is 1. The summed E-state index contributed by atoms with van der Waals surface area (Å²) >= 11 is 0. The molecule has 2 aromatic carbocycles. The van der Waals surface area contributed by atoms with Crippen LogP contribution in [0, 0.1) is 6.92 Å². The summed E-state index contributed by atoms with van der Waals surface area (Å²) in [6, 6.07) is 16.9. The zero-order valence-electron chi connectivity index (χ0n) is 15.4. The molecule has 0 aliphatic rings. The monoisotopic (exact) mass is 347 g/mol. The molecule has 0 bridgehead atoms. The smallest absolute Gasteiger partial charge is 0.243 e. The van der Waals surface area contributed by atoms with Crippen molar-refractivity contribution in [3.8, 4) is 0 Å². The van der Waals surface area contributed by atoms with Gasteiger partial charge in [0, 0.05) is 19.5 Å². The Kier molecular flexibility index (Phi) is 5.84. The van der Waals surface area contributed by atoms with Crippen LogP contribution in [0.15, 0.2) is 60.7 Å². The van der Waals surface area contributed by atoms with Gasteiger partial charge in [0.2, 0.25) is 5.91 Å². The lowest BCUT2D eigenvalue weighted by molar-refractivity contribution is -0.116.